The highest BCUT2D eigenvalue weighted by atomic mass is 32.1. The number of ether oxygens (including phenoxy) is 8. The molecule has 0 radical (unpaired) electrons. The summed E-state index contributed by atoms with van der Waals surface area (Å²) in [6, 6.07) is 4.50. The van der Waals surface area contributed by atoms with Gasteiger partial charge in [-0.15, -0.1) is 22.7 Å². The first-order chi connectivity index (χ1) is 28.9. The van der Waals surface area contributed by atoms with Crippen LogP contribution in [-0.4, -0.2) is 125 Å². The molecule has 12 nitrogen and oxygen atoms in total. The van der Waals surface area contributed by atoms with Crippen LogP contribution in [0.1, 0.15) is 108 Å². The Morgan fingerprint density at radius 2 is 1.68 bits per heavy atom. The number of cyclic esters (lactones) is 1. The van der Waals surface area contributed by atoms with Gasteiger partial charge in [-0.3, -0.25) is 9.59 Å². The molecule has 4 fully saturated rings. The van der Waals surface area contributed by atoms with Crippen LogP contribution in [0.3, 0.4) is 0 Å². The number of thiophene rings is 1. The Balaban J connectivity index is 1.12. The van der Waals surface area contributed by atoms with Gasteiger partial charge >= 0.3 is 5.97 Å². The van der Waals surface area contributed by atoms with Gasteiger partial charge in [0.15, 0.2) is 18.4 Å². The van der Waals surface area contributed by atoms with Crippen molar-refractivity contribution < 1.29 is 47.5 Å². The first-order valence-corrected chi connectivity index (χ1v) is 24.0. The lowest BCUT2D eigenvalue weighted by atomic mass is 9.67. The third kappa shape index (κ3) is 8.60. The van der Waals surface area contributed by atoms with Gasteiger partial charge in [0.1, 0.15) is 29.4 Å². The summed E-state index contributed by atoms with van der Waals surface area (Å²) in [5.74, 6) is -0.797. The lowest BCUT2D eigenvalue weighted by Gasteiger charge is -2.44. The molecule has 17 atom stereocenters. The number of Topliss-reactive ketones (excluding diaryl/α,β-unsaturated/α-hetero) is 1. The van der Waals surface area contributed by atoms with E-state index >= 15 is 4.79 Å². The van der Waals surface area contributed by atoms with Crippen LogP contribution >= 0.6 is 22.7 Å². The predicted octanol–water partition coefficient (Wildman–Crippen LogP) is 7.75. The fraction of sp³-hybridized carbons (Fsp3) is 0.761. The van der Waals surface area contributed by atoms with E-state index in [1.54, 1.807) is 44.0 Å². The summed E-state index contributed by atoms with van der Waals surface area (Å²) in [7, 11) is 9.17. The molecule has 0 N–H and O–H groups in total. The maximum Gasteiger partial charge on any atom is 0.306 e. The summed E-state index contributed by atoms with van der Waals surface area (Å²) < 4.78 is 50.5. The molecule has 0 aromatic carbocycles. The molecule has 3 saturated heterocycles. The normalized spacial score (nSPS) is 41.1. The molecule has 0 amide bonds. The summed E-state index contributed by atoms with van der Waals surface area (Å²) in [4.78, 5) is 39.2. The first kappa shape index (κ1) is 44.5. The van der Waals surface area contributed by atoms with Gasteiger partial charge in [-0.05, 0) is 108 Å². The van der Waals surface area contributed by atoms with E-state index in [-0.39, 0.29) is 96.8 Å². The molecule has 5 heterocycles. The van der Waals surface area contributed by atoms with E-state index in [1.807, 2.05) is 13.8 Å². The van der Waals surface area contributed by atoms with Crippen LogP contribution in [0.15, 0.2) is 29.2 Å². The number of likely N-dealkylation sites (N-methyl/N-ethyl adjacent to an activating group) is 1. The molecule has 3 aliphatic heterocycles. The van der Waals surface area contributed by atoms with Gasteiger partial charge in [-0.2, -0.15) is 0 Å². The third-order valence-electron chi connectivity index (χ3n) is 14.6. The second kappa shape index (κ2) is 18.9. The number of methoxy groups -OCH3 is 3. The quantitative estimate of drug-likeness (QED) is 0.217. The predicted molar refractivity (Wildman–Crippen MR) is 229 cm³/mol. The highest BCUT2D eigenvalue weighted by molar-refractivity contribution is 7.21. The van der Waals surface area contributed by atoms with Crippen molar-refractivity contribution >= 4 is 34.4 Å². The molecule has 1 saturated carbocycles. The molecule has 332 valence electrons. The fourth-order valence-electron chi connectivity index (χ4n) is 11.6. The second-order valence-corrected chi connectivity index (χ2v) is 20.2. The van der Waals surface area contributed by atoms with E-state index in [0.717, 1.165) is 66.1 Å². The number of fused-ring (bicyclic) bond motifs is 8. The standard InChI is InChI=1S/C46H66N2O10S2/c1-10-26-13-11-14-34(58-37-17-16-33(48(5)6)24(3)54-37)23(2)40(50)31-21-29-28-19-27(57-46-43(53-9)42(52-8)41(51-7)25(4)55-46)20-32(28)44-39(38(29)30(31)22-36(49)56-26)47-45(60-44)35-15-12-18-59-35/h12,15,18,21,23-30,32-34,37-38,41-43,46H,10-11,13-14,16-17,19-20,22H2,1-9H3/t23-,24?,25?,26+,27+,28+,29+,30-,32-,33+,34+,37?,38-,41+,42?,43?,46+/m1/s1. The smallest absolute Gasteiger partial charge is 0.306 e. The van der Waals surface area contributed by atoms with E-state index in [0.29, 0.717) is 12.5 Å². The molecule has 5 unspecified atom stereocenters. The summed E-state index contributed by atoms with van der Waals surface area (Å²) >= 11 is 3.44. The van der Waals surface area contributed by atoms with E-state index in [2.05, 4.69) is 56.4 Å². The monoisotopic (exact) mass is 870 g/mol. The summed E-state index contributed by atoms with van der Waals surface area (Å²) in [6.07, 6.45) is 5.50. The Morgan fingerprint density at radius 3 is 2.37 bits per heavy atom. The Labute approximate surface area is 363 Å². The molecule has 0 bridgehead atoms. The van der Waals surface area contributed by atoms with Crippen LogP contribution in [0, 0.1) is 23.7 Å². The number of aromatic nitrogens is 1. The fourth-order valence-corrected chi connectivity index (χ4v) is 13.7. The Morgan fingerprint density at radius 1 is 0.900 bits per heavy atom. The number of carbonyl (C=O) groups excluding carboxylic acids is 2. The second-order valence-electron chi connectivity index (χ2n) is 18.2. The summed E-state index contributed by atoms with van der Waals surface area (Å²) in [5.41, 5.74) is 1.74. The van der Waals surface area contributed by atoms with Crippen molar-refractivity contribution in [2.75, 3.05) is 35.4 Å². The van der Waals surface area contributed by atoms with Crippen LogP contribution in [0.5, 0.6) is 0 Å². The van der Waals surface area contributed by atoms with Gasteiger partial charge in [0.2, 0.25) is 0 Å². The zero-order valence-electron chi connectivity index (χ0n) is 36.8. The topological polar surface area (TPSA) is 124 Å². The SMILES string of the molecule is CC[C@H]1CCC[C@H](OC2CC[C@H](N(C)C)C(C)O2)[C@@H](C)C(=O)C2=C[C@H]3[C@@H]4C[C@H](O[C@@H]5OC(C)[C@H](OC)C(OC)C5OC)C[C@H]4c4sc(-c5cccs5)nc4[C@H]3[C@@H]2CC(=O)O1. The van der Waals surface area contributed by atoms with Crippen LogP contribution < -0.4 is 0 Å². The van der Waals surface area contributed by atoms with Gasteiger partial charge in [0.05, 0.1) is 41.4 Å². The minimum atomic E-state index is -0.646. The maximum absolute atomic E-state index is 15.2. The zero-order valence-corrected chi connectivity index (χ0v) is 38.4. The number of nitrogens with zero attached hydrogens (tertiary/aromatic N) is 2. The zero-order chi connectivity index (χ0) is 42.4. The van der Waals surface area contributed by atoms with Crippen molar-refractivity contribution in [3.8, 4) is 9.88 Å². The molecule has 3 aliphatic carbocycles. The lowest BCUT2D eigenvalue weighted by Crippen LogP contribution is -2.59. The number of esters is 1. The highest BCUT2D eigenvalue weighted by Crippen LogP contribution is 2.63. The molecular weight excluding hydrogens is 805 g/mol. The third-order valence-corrected chi connectivity index (χ3v) is 16.9. The van der Waals surface area contributed by atoms with Gasteiger partial charge in [-0.1, -0.05) is 26.0 Å². The number of rotatable bonds is 10. The summed E-state index contributed by atoms with van der Waals surface area (Å²) in [5, 5.41) is 3.07. The first-order valence-electron chi connectivity index (χ1n) is 22.3. The average molecular weight is 871 g/mol. The van der Waals surface area contributed by atoms with Crippen LogP contribution in [0.4, 0.5) is 0 Å². The maximum atomic E-state index is 15.2. The van der Waals surface area contributed by atoms with Crippen molar-refractivity contribution in [3.63, 3.8) is 0 Å². The number of ketones is 1. The molecule has 14 heteroatoms. The van der Waals surface area contributed by atoms with Gasteiger partial charge in [0.25, 0.3) is 0 Å². The highest BCUT2D eigenvalue weighted by Gasteiger charge is 2.57. The minimum absolute atomic E-state index is 0.00989. The molecule has 6 aliphatic rings. The van der Waals surface area contributed by atoms with Crippen LogP contribution in [0.2, 0.25) is 0 Å². The molecule has 2 aromatic rings. The van der Waals surface area contributed by atoms with E-state index in [4.69, 9.17) is 42.9 Å². The molecule has 8 rings (SSSR count). The van der Waals surface area contributed by atoms with Crippen LogP contribution in [0.25, 0.3) is 9.88 Å². The van der Waals surface area contributed by atoms with Crippen molar-refractivity contribution in [3.05, 3.63) is 39.7 Å². The number of hydrogen-bond donors (Lipinski definition) is 0. The Kier molecular flexibility index (Phi) is 14.0. The molecule has 2 aromatic heterocycles. The van der Waals surface area contributed by atoms with E-state index < -0.39 is 18.3 Å². The number of hydrogen-bond acceptors (Lipinski definition) is 14. The van der Waals surface area contributed by atoms with E-state index in [1.165, 1.54) is 4.88 Å². The van der Waals surface area contributed by atoms with Gasteiger partial charge in [-0.25, -0.2) is 4.98 Å². The van der Waals surface area contributed by atoms with Gasteiger partial charge < -0.3 is 42.8 Å². The number of thiazole rings is 1. The average Bonchev–Trinajstić information content (AvgIpc) is 4.05. The molecular formula is C46H66N2O10S2. The molecule has 0 spiro atoms. The van der Waals surface area contributed by atoms with Crippen molar-refractivity contribution in [1.82, 2.24) is 9.88 Å². The molecule has 60 heavy (non-hydrogen) atoms. The Hall–Kier alpha value is -2.11. The number of allylic oxidation sites excluding steroid dienone is 2. The summed E-state index contributed by atoms with van der Waals surface area (Å²) in [6.45, 7) is 8.19. The van der Waals surface area contributed by atoms with E-state index in [9.17, 15) is 4.79 Å². The Bertz CT molecular complexity index is 1820. The van der Waals surface area contributed by atoms with Crippen LogP contribution in [-0.2, 0) is 47.5 Å². The van der Waals surface area contributed by atoms with Crippen molar-refractivity contribution in [2.45, 2.75) is 165 Å². The minimum Gasteiger partial charge on any atom is -0.462 e. The number of carbonyl (C=O) groups is 2. The van der Waals surface area contributed by atoms with Crippen molar-refractivity contribution in [1.29, 1.82) is 0 Å². The largest absolute Gasteiger partial charge is 0.462 e. The van der Waals surface area contributed by atoms with Crippen molar-refractivity contribution in [2.24, 2.45) is 23.7 Å². The van der Waals surface area contributed by atoms with Gasteiger partial charge in [0, 0.05) is 55.9 Å². The lowest BCUT2D eigenvalue weighted by molar-refractivity contribution is -0.314.